The van der Waals surface area contributed by atoms with Gasteiger partial charge in [0.25, 0.3) is 5.69 Å². The zero-order chi connectivity index (χ0) is 50.6. The largest absolute Gasteiger partial charge is 0.412 e. The van der Waals surface area contributed by atoms with Gasteiger partial charge in [-0.05, 0) is 101 Å². The molecule has 79 heavy (non-hydrogen) atoms. The number of quaternary nitrogens is 1. The summed E-state index contributed by atoms with van der Waals surface area (Å²) < 4.78 is 15.9. The van der Waals surface area contributed by atoms with Gasteiger partial charge in [0.1, 0.15) is 11.2 Å². The number of nitrogens with zero attached hydrogens (tertiary/aromatic N) is 5. The molecule has 0 radical (unpaired) electrons. The molecule has 1 atom stereocenters. The van der Waals surface area contributed by atoms with E-state index in [2.05, 4.69) is 262 Å². The van der Waals surface area contributed by atoms with Gasteiger partial charge in [0.05, 0.1) is 26.5 Å². The van der Waals surface area contributed by atoms with Crippen LogP contribution in [0.4, 0.5) is 28.6 Å². The van der Waals surface area contributed by atoms with Crippen LogP contribution in [0.3, 0.4) is 0 Å². The fourth-order valence-corrected chi connectivity index (χ4v) is 23.9. The van der Waals surface area contributed by atoms with Crippen LogP contribution in [0.5, 0.6) is 11.6 Å². The minimum Gasteiger partial charge on any atom is -0.412 e. The van der Waals surface area contributed by atoms with Crippen molar-refractivity contribution in [2.24, 2.45) is 0 Å². The first-order valence-electron chi connectivity index (χ1n) is 27.7. The summed E-state index contributed by atoms with van der Waals surface area (Å²) in [6.45, 7) is 0. The number of fused-ring (bicyclic) bond motifs is 22. The van der Waals surface area contributed by atoms with Crippen LogP contribution in [0.1, 0.15) is 44.5 Å². The van der Waals surface area contributed by atoms with Crippen molar-refractivity contribution in [1.82, 2.24) is 9.27 Å². The second-order valence-electron chi connectivity index (χ2n) is 23.1. The smallest absolute Gasteiger partial charge is 0.352 e. The van der Waals surface area contributed by atoms with E-state index in [1.807, 2.05) is 0 Å². The summed E-state index contributed by atoms with van der Waals surface area (Å²) in [7, 11) is -3.06. The maximum Gasteiger partial charge on any atom is 0.352 e. The van der Waals surface area contributed by atoms with Gasteiger partial charge in [-0.3, -0.25) is 0 Å². The molecule has 10 heterocycles. The van der Waals surface area contributed by atoms with Gasteiger partial charge in [-0.25, -0.2) is 0 Å². The lowest BCUT2D eigenvalue weighted by Gasteiger charge is -2.51. The van der Waals surface area contributed by atoms with E-state index >= 15 is 0 Å². The van der Waals surface area contributed by atoms with Gasteiger partial charge >= 0.3 is 23.0 Å². The van der Waals surface area contributed by atoms with Gasteiger partial charge in [0.15, 0.2) is 14.3 Å². The Balaban J connectivity index is 1.01. The summed E-state index contributed by atoms with van der Waals surface area (Å²) in [5.74, 6) is 2.79. The molecule has 0 N–H and O–H groups in total. The lowest BCUT2D eigenvalue weighted by molar-refractivity contribution is -1.03. The van der Waals surface area contributed by atoms with E-state index < -0.39 is 18.9 Å². The highest BCUT2D eigenvalue weighted by molar-refractivity contribution is 7.23. The number of ether oxygens (including phenoxy) is 1. The Kier molecular flexibility index (Phi) is 6.20. The predicted octanol–water partition coefficient (Wildman–Crippen LogP) is 12.2. The standard InChI is InChI=1S/C72H40N5OSi/c1-7-25-49-41(17-1)42-18-2-8-26-50(42)71(49)53-29-14-30-54-65(53)75-66-55(71)31-15-32-57(66)77-68-58(78-63-39-36-56(70(75)76(63)77)72(54)51-27-9-3-19-43(51)44-20-4-10-28-52(44)72)37-38-62-67(68)74-64-47(48-24-16-40-73(77)69(48)74)23-13-35-61(64)79(62)59-33-11-5-21-45(59)46-22-6-12-34-60(46)79/h1-40H/q+3. The topological polar surface area (TPSA) is 25.2 Å². The summed E-state index contributed by atoms with van der Waals surface area (Å²) in [6, 6.07) is 91.9. The van der Waals surface area contributed by atoms with Crippen LogP contribution in [0, 0.1) is 0 Å². The van der Waals surface area contributed by atoms with Crippen LogP contribution in [0.15, 0.2) is 243 Å². The third kappa shape index (κ3) is 3.63. The van der Waals surface area contributed by atoms with E-state index in [-0.39, 0.29) is 4.70 Å². The molecule has 3 aromatic heterocycles. The zero-order valence-electron chi connectivity index (χ0n) is 42.2. The summed E-state index contributed by atoms with van der Waals surface area (Å²) in [5.41, 5.74) is 25.3. The van der Waals surface area contributed by atoms with E-state index in [1.54, 1.807) is 0 Å². The van der Waals surface area contributed by atoms with Gasteiger partial charge in [-0.15, -0.1) is 0 Å². The van der Waals surface area contributed by atoms with E-state index in [0.717, 1.165) is 23.1 Å². The van der Waals surface area contributed by atoms with Crippen molar-refractivity contribution < 1.29 is 14.1 Å². The first kappa shape index (κ1) is 39.5. The van der Waals surface area contributed by atoms with Crippen LogP contribution >= 0.6 is 0 Å². The normalized spacial score (nSPS) is 18.3. The number of benzene rings is 10. The summed E-state index contributed by atoms with van der Waals surface area (Å²) >= 11 is 0. The molecule has 7 heteroatoms. The van der Waals surface area contributed by atoms with Crippen LogP contribution in [0.2, 0.25) is 0 Å². The van der Waals surface area contributed by atoms with Crippen LogP contribution in [-0.4, -0.2) is 12.6 Å². The molecule has 13 aromatic rings. The molecule has 2 aliphatic carbocycles. The van der Waals surface area contributed by atoms with Gasteiger partial charge < -0.3 is 4.74 Å². The van der Waals surface area contributed by atoms with Gasteiger partial charge in [0.2, 0.25) is 17.1 Å². The van der Waals surface area contributed by atoms with Crippen molar-refractivity contribution in [3.8, 4) is 50.7 Å². The quantitative estimate of drug-likeness (QED) is 0.0859. The maximum absolute atomic E-state index is 7.74. The van der Waals surface area contributed by atoms with Crippen LogP contribution in [0.25, 0.3) is 61.0 Å². The Hall–Kier alpha value is -9.92. The van der Waals surface area contributed by atoms with E-state index in [0.29, 0.717) is 0 Å². The van der Waals surface area contributed by atoms with Gasteiger partial charge in [-0.1, -0.05) is 194 Å². The monoisotopic (exact) mass is 1020 g/mol. The predicted molar refractivity (Wildman–Crippen MR) is 313 cm³/mol. The molecule has 22 rings (SSSR count). The van der Waals surface area contributed by atoms with Crippen molar-refractivity contribution in [2.75, 3.05) is 4.90 Å². The van der Waals surface area contributed by atoms with Crippen LogP contribution in [-0.2, 0) is 10.8 Å². The molecule has 10 aromatic carbocycles. The molecule has 0 saturated carbocycles. The molecule has 4 spiro atoms. The molecule has 7 aliphatic heterocycles. The van der Waals surface area contributed by atoms with E-state index in [9.17, 15) is 0 Å². The Bertz CT molecular complexity index is 5090. The van der Waals surface area contributed by atoms with Gasteiger partial charge in [0, 0.05) is 49.3 Å². The Morgan fingerprint density at radius 2 is 0.911 bits per heavy atom. The molecule has 6 nitrogen and oxygen atoms in total. The highest BCUT2D eigenvalue weighted by atomic mass is 28.3. The van der Waals surface area contributed by atoms with Crippen LogP contribution < -0.4 is 44.4 Å². The lowest BCUT2D eigenvalue weighted by atomic mass is 9.59. The average molecular weight is 1020 g/mol. The third-order valence-corrected chi connectivity index (χ3v) is 25.5. The molecule has 9 aliphatic rings. The minimum absolute atomic E-state index is 0.226. The molecule has 1 unspecified atom stereocenters. The first-order chi connectivity index (χ1) is 39.2. The maximum atomic E-state index is 7.74. The first-order valence-corrected chi connectivity index (χ1v) is 29.7. The number of aromatic nitrogens is 3. The van der Waals surface area contributed by atoms with Crippen molar-refractivity contribution in [2.45, 2.75) is 10.8 Å². The lowest BCUT2D eigenvalue weighted by Crippen LogP contribution is -2.88. The number of para-hydroxylation sites is 3. The molecular weight excluding hydrogens is 979 g/mol. The Morgan fingerprint density at radius 3 is 1.56 bits per heavy atom. The van der Waals surface area contributed by atoms with Gasteiger partial charge in [-0.2, -0.15) is 9.47 Å². The molecule has 0 amide bonds. The summed E-state index contributed by atoms with van der Waals surface area (Å²) in [5, 5.41) is 8.27. The van der Waals surface area contributed by atoms with E-state index in [1.165, 1.54) is 143 Å². The fraction of sp³-hybridized carbons (Fsp3) is 0.0278. The number of hydrogen-bond donors (Lipinski definition) is 0. The minimum atomic E-state index is -3.06. The number of anilines is 3. The number of hydrogen-bond acceptors (Lipinski definition) is 2. The molecular formula is C72H40N5OSi+3. The van der Waals surface area contributed by atoms with Crippen molar-refractivity contribution in [1.29, 1.82) is 0 Å². The molecule has 0 saturated heterocycles. The molecule has 0 fully saturated rings. The fourth-order valence-electron chi connectivity index (χ4n) is 18.3. The summed E-state index contributed by atoms with van der Waals surface area (Å²) in [4.78, 5) is 2.72. The second kappa shape index (κ2) is 12.4. The average Bonchev–Trinajstić information content (AvgIpc) is 1.91. The second-order valence-corrected chi connectivity index (χ2v) is 26.7. The Morgan fingerprint density at radius 1 is 0.392 bits per heavy atom. The zero-order valence-corrected chi connectivity index (χ0v) is 43.2. The van der Waals surface area contributed by atoms with Crippen molar-refractivity contribution >= 4 is 79.3 Å². The SMILES string of the molecule is c1ccc2c(c1)-c1ccccc1C21c2cccc3c2N2c4c1cccc4[N+]14c5c(ccc6c5-n5c7c(cccc7c7ccc[n+]1c75)[Si]61c5ccccc5-c5ccccc51)Oc1ccc(c2[n+]14)C31c2ccccc2-c2ccccc21. The van der Waals surface area contributed by atoms with Crippen molar-refractivity contribution in [3.05, 3.63) is 287 Å². The highest BCUT2D eigenvalue weighted by Crippen LogP contribution is 2.73. The Labute approximate surface area is 453 Å². The highest BCUT2D eigenvalue weighted by Gasteiger charge is 2.75. The molecule has 0 bridgehead atoms. The number of rotatable bonds is 0. The van der Waals surface area contributed by atoms with Crippen molar-refractivity contribution in [3.63, 3.8) is 0 Å². The van der Waals surface area contributed by atoms with E-state index in [4.69, 9.17) is 4.74 Å². The third-order valence-electron chi connectivity index (χ3n) is 20.5. The molecule has 360 valence electrons. The number of pyridine rings is 2. The summed E-state index contributed by atoms with van der Waals surface area (Å²) in [6.07, 6.45) is 2.37.